The number of benzene rings is 1. The van der Waals surface area contributed by atoms with Gasteiger partial charge in [-0.3, -0.25) is 10.1 Å². The maximum Gasteiger partial charge on any atom is 0.258 e. The lowest BCUT2D eigenvalue weighted by molar-refractivity contribution is 0.102. The highest BCUT2D eigenvalue weighted by Crippen LogP contribution is 2.15. The Kier molecular flexibility index (Phi) is 3.17. The van der Waals surface area contributed by atoms with Gasteiger partial charge in [0.05, 0.1) is 17.4 Å². The topological polar surface area (TPSA) is 88.5 Å². The van der Waals surface area contributed by atoms with E-state index >= 15 is 0 Å². The summed E-state index contributed by atoms with van der Waals surface area (Å²) in [6, 6.07) is 5.30. The Morgan fingerprint density at radius 2 is 2.19 bits per heavy atom. The highest BCUT2D eigenvalue weighted by atomic mass is 16.1. The number of fused-ring (bicyclic) bond motifs is 1. The lowest BCUT2D eigenvalue weighted by Gasteiger charge is -2.03. The van der Waals surface area contributed by atoms with Gasteiger partial charge in [0.25, 0.3) is 5.91 Å². The van der Waals surface area contributed by atoms with Crippen LogP contribution < -0.4 is 5.32 Å². The molecule has 0 aliphatic carbocycles. The molecule has 0 spiro atoms. The molecule has 2 N–H and O–H groups in total. The number of nitrogens with zero attached hydrogens (tertiary/aromatic N) is 4. The van der Waals surface area contributed by atoms with Gasteiger partial charge in [0.15, 0.2) is 5.82 Å². The number of nitrogens with one attached hydrogen (secondary N) is 2. The van der Waals surface area contributed by atoms with Crippen molar-refractivity contribution in [2.75, 3.05) is 5.32 Å². The van der Waals surface area contributed by atoms with Crippen LogP contribution >= 0.6 is 0 Å². The highest BCUT2D eigenvalue weighted by Gasteiger charge is 2.14. The zero-order valence-corrected chi connectivity index (χ0v) is 12.1. The van der Waals surface area contributed by atoms with Crippen LogP contribution in [0.15, 0.2) is 24.5 Å². The molecule has 0 fully saturated rings. The number of carbonyl (C=O) groups excluding carboxylic acids is 1. The van der Waals surface area contributed by atoms with E-state index in [-0.39, 0.29) is 11.8 Å². The molecule has 2 heterocycles. The van der Waals surface area contributed by atoms with E-state index in [9.17, 15) is 4.79 Å². The molecular formula is C14H16N6O. The molecule has 0 saturated carbocycles. The largest absolute Gasteiger partial charge is 0.345 e. The maximum atomic E-state index is 12.3. The maximum absolute atomic E-state index is 12.3. The molecule has 0 unspecified atom stereocenters. The Bertz CT molecular complexity index is 801. The lowest BCUT2D eigenvalue weighted by Crippen LogP contribution is -2.15. The van der Waals surface area contributed by atoms with Crippen LogP contribution in [0.4, 0.5) is 5.95 Å². The smallest absolute Gasteiger partial charge is 0.258 e. The summed E-state index contributed by atoms with van der Waals surface area (Å²) < 4.78 is 1.57. The highest BCUT2D eigenvalue weighted by molar-refractivity contribution is 6.05. The zero-order valence-electron chi connectivity index (χ0n) is 12.1. The van der Waals surface area contributed by atoms with Crippen LogP contribution in [0.2, 0.25) is 0 Å². The fourth-order valence-electron chi connectivity index (χ4n) is 2.01. The van der Waals surface area contributed by atoms with Crippen LogP contribution in [0.5, 0.6) is 0 Å². The number of hydrogen-bond donors (Lipinski definition) is 2. The van der Waals surface area contributed by atoms with Crippen molar-refractivity contribution >= 4 is 22.9 Å². The first-order chi connectivity index (χ1) is 10.0. The third kappa shape index (κ3) is 2.49. The van der Waals surface area contributed by atoms with E-state index in [1.807, 2.05) is 13.8 Å². The van der Waals surface area contributed by atoms with Gasteiger partial charge in [0.1, 0.15) is 0 Å². The summed E-state index contributed by atoms with van der Waals surface area (Å²) in [6.07, 6.45) is 1.60. The summed E-state index contributed by atoms with van der Waals surface area (Å²) in [6.45, 7) is 4.01. The molecule has 108 valence electrons. The van der Waals surface area contributed by atoms with Crippen LogP contribution in [0, 0.1) is 0 Å². The number of rotatable bonds is 3. The minimum Gasteiger partial charge on any atom is -0.345 e. The second kappa shape index (κ2) is 5.01. The number of amides is 1. The van der Waals surface area contributed by atoms with Gasteiger partial charge in [-0.05, 0) is 18.2 Å². The molecule has 7 heteroatoms. The molecular weight excluding hydrogens is 268 g/mol. The third-order valence-electron chi connectivity index (χ3n) is 3.20. The van der Waals surface area contributed by atoms with Crippen molar-refractivity contribution in [1.29, 1.82) is 0 Å². The Morgan fingerprint density at radius 3 is 2.90 bits per heavy atom. The number of H-pyrrole nitrogens is 1. The summed E-state index contributed by atoms with van der Waals surface area (Å²) >= 11 is 0. The standard InChI is InChI=1S/C14H16N6O/c1-8(2)12-17-14(20(3)19-12)18-13(21)9-4-5-10-11(6-9)16-7-15-10/h4-8H,1-3H3,(H,15,16)(H,17,18,19,21). The quantitative estimate of drug-likeness (QED) is 0.770. The number of aromatic nitrogens is 5. The number of imidazole rings is 1. The molecule has 0 bridgehead atoms. The average molecular weight is 284 g/mol. The summed E-state index contributed by atoms with van der Waals surface area (Å²) in [7, 11) is 1.76. The van der Waals surface area contributed by atoms with Crippen molar-refractivity contribution in [2.24, 2.45) is 7.05 Å². The number of aromatic amines is 1. The van der Waals surface area contributed by atoms with Crippen LogP contribution in [0.3, 0.4) is 0 Å². The van der Waals surface area contributed by atoms with E-state index in [0.717, 1.165) is 11.0 Å². The van der Waals surface area contributed by atoms with E-state index in [2.05, 4.69) is 25.4 Å². The normalized spacial score (nSPS) is 11.2. The fourth-order valence-corrected chi connectivity index (χ4v) is 2.01. The first-order valence-electron chi connectivity index (χ1n) is 6.70. The molecule has 3 rings (SSSR count). The van der Waals surface area contributed by atoms with E-state index in [1.165, 1.54) is 0 Å². The van der Waals surface area contributed by atoms with Gasteiger partial charge in [0.2, 0.25) is 5.95 Å². The molecule has 21 heavy (non-hydrogen) atoms. The minimum absolute atomic E-state index is 0.211. The Labute approximate surface area is 121 Å². The monoisotopic (exact) mass is 284 g/mol. The lowest BCUT2D eigenvalue weighted by atomic mass is 10.2. The van der Waals surface area contributed by atoms with Gasteiger partial charge < -0.3 is 4.98 Å². The predicted molar refractivity (Wildman–Crippen MR) is 79.1 cm³/mol. The predicted octanol–water partition coefficient (Wildman–Crippen LogP) is 2.07. The fraction of sp³-hybridized carbons (Fsp3) is 0.286. The van der Waals surface area contributed by atoms with Gasteiger partial charge >= 0.3 is 0 Å². The minimum atomic E-state index is -0.225. The van der Waals surface area contributed by atoms with E-state index in [0.29, 0.717) is 17.3 Å². The molecule has 0 saturated heterocycles. The molecule has 1 amide bonds. The summed E-state index contributed by atoms with van der Waals surface area (Å²) in [4.78, 5) is 23.7. The molecule has 3 aromatic rings. The molecule has 0 atom stereocenters. The summed E-state index contributed by atoms with van der Waals surface area (Å²) in [5.74, 6) is 1.13. The number of aryl methyl sites for hydroxylation is 1. The van der Waals surface area contributed by atoms with Gasteiger partial charge in [-0.2, -0.15) is 10.1 Å². The zero-order chi connectivity index (χ0) is 15.0. The van der Waals surface area contributed by atoms with Crippen LogP contribution in [-0.2, 0) is 7.05 Å². The van der Waals surface area contributed by atoms with Gasteiger partial charge in [-0.15, -0.1) is 0 Å². The van der Waals surface area contributed by atoms with Gasteiger partial charge in [-0.1, -0.05) is 13.8 Å². The first-order valence-corrected chi connectivity index (χ1v) is 6.70. The van der Waals surface area contributed by atoms with Crippen LogP contribution in [0.1, 0.15) is 35.9 Å². The molecule has 7 nitrogen and oxygen atoms in total. The first kappa shape index (κ1) is 13.3. The van der Waals surface area contributed by atoms with E-state index < -0.39 is 0 Å². The molecule has 0 aliphatic rings. The van der Waals surface area contributed by atoms with Crippen molar-refractivity contribution < 1.29 is 4.79 Å². The molecule has 1 aromatic carbocycles. The van der Waals surface area contributed by atoms with Crippen molar-refractivity contribution in [1.82, 2.24) is 24.7 Å². The Balaban J connectivity index is 1.85. The van der Waals surface area contributed by atoms with Crippen LogP contribution in [0.25, 0.3) is 11.0 Å². The molecule has 2 aromatic heterocycles. The van der Waals surface area contributed by atoms with E-state index in [4.69, 9.17) is 0 Å². The van der Waals surface area contributed by atoms with Crippen LogP contribution in [-0.4, -0.2) is 30.6 Å². The van der Waals surface area contributed by atoms with Crippen molar-refractivity contribution in [2.45, 2.75) is 19.8 Å². The van der Waals surface area contributed by atoms with E-state index in [1.54, 1.807) is 36.3 Å². The SMILES string of the molecule is CC(C)c1nc(NC(=O)c2ccc3nc[nH]c3c2)n(C)n1. The number of carbonyl (C=O) groups is 1. The number of anilines is 1. The third-order valence-corrected chi connectivity index (χ3v) is 3.20. The second-order valence-electron chi connectivity index (χ2n) is 5.16. The molecule has 0 aliphatic heterocycles. The van der Waals surface area contributed by atoms with Gasteiger partial charge in [-0.25, -0.2) is 9.67 Å². The average Bonchev–Trinajstić information content (AvgIpc) is 3.05. The summed E-state index contributed by atoms with van der Waals surface area (Å²) in [5, 5.41) is 7.05. The van der Waals surface area contributed by atoms with Crippen molar-refractivity contribution in [3.8, 4) is 0 Å². The summed E-state index contributed by atoms with van der Waals surface area (Å²) in [5.41, 5.74) is 2.19. The van der Waals surface area contributed by atoms with Crippen molar-refractivity contribution in [3.05, 3.63) is 35.9 Å². The Hall–Kier alpha value is -2.70. The Morgan fingerprint density at radius 1 is 1.38 bits per heavy atom. The van der Waals surface area contributed by atoms with Gasteiger partial charge in [0, 0.05) is 18.5 Å². The van der Waals surface area contributed by atoms with Crippen molar-refractivity contribution in [3.63, 3.8) is 0 Å². The number of hydrogen-bond acceptors (Lipinski definition) is 4. The second-order valence-corrected chi connectivity index (χ2v) is 5.16. The molecule has 0 radical (unpaired) electrons.